The summed E-state index contributed by atoms with van der Waals surface area (Å²) in [6, 6.07) is 2.53. The minimum absolute atomic E-state index is 0.0478. The zero-order valence-corrected chi connectivity index (χ0v) is 24.2. The highest BCUT2D eigenvalue weighted by Crippen LogP contribution is 2.41. The Morgan fingerprint density at radius 2 is 2.14 bits per heavy atom. The van der Waals surface area contributed by atoms with Crippen LogP contribution in [0.3, 0.4) is 0 Å². The number of allylic oxidation sites excluding steroid dienone is 1. The molecule has 0 saturated carbocycles. The Hall–Kier alpha value is -4.44. The Balaban J connectivity index is 1.52. The van der Waals surface area contributed by atoms with Gasteiger partial charge in [0.1, 0.15) is 22.8 Å². The van der Waals surface area contributed by atoms with Gasteiger partial charge in [0, 0.05) is 30.5 Å². The molecule has 1 saturated heterocycles. The maximum Gasteiger partial charge on any atom is 0.511 e. The third kappa shape index (κ3) is 7.06. The average Bonchev–Trinajstić information content (AvgIpc) is 3.40. The largest absolute Gasteiger partial charge is 0.511 e. The van der Waals surface area contributed by atoms with Crippen LogP contribution in [0.2, 0.25) is 0 Å². The maximum absolute atomic E-state index is 13.4. The number of thiazole rings is 1. The predicted molar refractivity (Wildman–Crippen MR) is 153 cm³/mol. The third-order valence-electron chi connectivity index (χ3n) is 5.97. The summed E-state index contributed by atoms with van der Waals surface area (Å²) in [5, 5.41) is 15.9. The number of nitrogens with zero attached hydrogens (tertiary/aromatic N) is 4. The number of nitrogens with one attached hydrogen (secondary N) is 1. The van der Waals surface area contributed by atoms with E-state index < -0.39 is 47.4 Å². The Morgan fingerprint density at radius 3 is 2.81 bits per heavy atom. The number of carbonyl (C=O) groups is 4. The summed E-state index contributed by atoms with van der Waals surface area (Å²) < 4.78 is 15.3. The van der Waals surface area contributed by atoms with Crippen molar-refractivity contribution in [1.29, 1.82) is 0 Å². The highest BCUT2D eigenvalue weighted by atomic mass is 32.2. The normalized spacial score (nSPS) is 19.1. The van der Waals surface area contributed by atoms with Crippen molar-refractivity contribution in [3.05, 3.63) is 58.5 Å². The molecule has 2 aromatic heterocycles. The number of thioether (sulfide) groups is 1. The molecule has 0 aliphatic carbocycles. The van der Waals surface area contributed by atoms with Crippen LogP contribution in [0.4, 0.5) is 9.93 Å². The van der Waals surface area contributed by atoms with Gasteiger partial charge in [0.15, 0.2) is 10.8 Å². The molecule has 0 bridgehead atoms. The summed E-state index contributed by atoms with van der Waals surface area (Å²) in [5.74, 6) is -2.07. The SMILES string of the molecule is CCCCOC(=O)OC(C)OC(=O)C1=C(/C=C\c2cccnc2)CS[C@@H]2[C@H](NC(=O)C(=NO)c3csc(N)n3)C(=O)N12. The second kappa shape index (κ2) is 14.0. The Labute approximate surface area is 248 Å². The number of hydrogen-bond donors (Lipinski definition) is 3. The lowest BCUT2D eigenvalue weighted by molar-refractivity contribution is -0.169. The topological polar surface area (TPSA) is 196 Å². The van der Waals surface area contributed by atoms with Crippen molar-refractivity contribution < 1.29 is 38.6 Å². The molecule has 2 aromatic rings. The van der Waals surface area contributed by atoms with E-state index in [1.807, 2.05) is 13.0 Å². The average molecular weight is 617 g/mol. The fraction of sp³-hybridized carbons (Fsp3) is 0.346. The first-order valence-corrected chi connectivity index (χ1v) is 14.7. The highest BCUT2D eigenvalue weighted by Gasteiger charge is 2.54. The smallest absolute Gasteiger partial charge is 0.434 e. The number of esters is 1. The van der Waals surface area contributed by atoms with Gasteiger partial charge in [0.05, 0.1) is 6.61 Å². The number of oxime groups is 1. The van der Waals surface area contributed by atoms with Crippen molar-refractivity contribution in [1.82, 2.24) is 20.2 Å². The van der Waals surface area contributed by atoms with Crippen LogP contribution in [0, 0.1) is 0 Å². The standard InChI is InChI=1S/C26H28N6O8S2/c1-3-4-10-38-26(36)40-14(2)39-24(35)20-16(8-7-15-6-5-9-28-11-15)12-41-23-19(22(34)32(20)23)30-21(33)18(31-37)17-13-42-25(27)29-17/h5-9,11,13-14,19,23,37H,3-4,10,12H2,1-2H3,(H2,27,29)(H,30,33)/b8-7-,31-18?/t14?,19-,23-/m1/s1. The van der Waals surface area contributed by atoms with Crippen molar-refractivity contribution in [2.24, 2.45) is 5.16 Å². The molecule has 0 radical (unpaired) electrons. The van der Waals surface area contributed by atoms with Crippen molar-refractivity contribution in [2.75, 3.05) is 18.1 Å². The number of β-lactam (4-membered cyclic amide) rings is 1. The second-order valence-corrected chi connectivity index (χ2v) is 10.9. The fourth-order valence-electron chi connectivity index (χ4n) is 3.95. The molecule has 16 heteroatoms. The molecule has 1 fully saturated rings. The Bertz CT molecular complexity index is 1430. The molecule has 4 heterocycles. The number of amides is 2. The summed E-state index contributed by atoms with van der Waals surface area (Å²) in [6.07, 6.45) is 5.83. The van der Waals surface area contributed by atoms with Crippen LogP contribution in [-0.2, 0) is 28.6 Å². The van der Waals surface area contributed by atoms with Crippen LogP contribution in [0.25, 0.3) is 6.08 Å². The van der Waals surface area contributed by atoms with Gasteiger partial charge < -0.3 is 30.5 Å². The number of unbranched alkanes of at least 4 members (excludes halogenated alkanes) is 1. The summed E-state index contributed by atoms with van der Waals surface area (Å²) >= 11 is 2.36. The van der Waals surface area contributed by atoms with Gasteiger partial charge in [-0.2, -0.15) is 0 Å². The first-order valence-electron chi connectivity index (χ1n) is 12.8. The van der Waals surface area contributed by atoms with E-state index in [4.69, 9.17) is 19.9 Å². The van der Waals surface area contributed by atoms with Crippen LogP contribution >= 0.6 is 23.1 Å². The molecule has 4 N–H and O–H groups in total. The van der Waals surface area contributed by atoms with E-state index >= 15 is 0 Å². The van der Waals surface area contributed by atoms with Gasteiger partial charge in [-0.25, -0.2) is 14.6 Å². The number of rotatable bonds is 11. The Kier molecular flexibility index (Phi) is 10.1. The van der Waals surface area contributed by atoms with Gasteiger partial charge in [-0.3, -0.25) is 19.5 Å². The summed E-state index contributed by atoms with van der Waals surface area (Å²) in [5.41, 5.74) is 6.41. The lowest BCUT2D eigenvalue weighted by Gasteiger charge is -2.49. The maximum atomic E-state index is 13.4. The highest BCUT2D eigenvalue weighted by molar-refractivity contribution is 8.00. The molecule has 222 valence electrons. The van der Waals surface area contributed by atoms with Gasteiger partial charge >= 0.3 is 12.1 Å². The molecular formula is C26H28N6O8S2. The number of nitrogen functional groups attached to an aromatic ring is 1. The molecule has 0 aromatic carbocycles. The van der Waals surface area contributed by atoms with Crippen LogP contribution in [-0.4, -0.2) is 79.8 Å². The molecule has 1 unspecified atom stereocenters. The quantitative estimate of drug-likeness (QED) is 0.0636. The predicted octanol–water partition coefficient (Wildman–Crippen LogP) is 2.51. The van der Waals surface area contributed by atoms with Gasteiger partial charge in [-0.05, 0) is 23.6 Å². The van der Waals surface area contributed by atoms with Crippen LogP contribution in [0.5, 0.6) is 0 Å². The molecule has 0 spiro atoms. The molecular weight excluding hydrogens is 588 g/mol. The first kappa shape index (κ1) is 30.5. The van der Waals surface area contributed by atoms with Crippen LogP contribution < -0.4 is 11.1 Å². The minimum atomic E-state index is -1.31. The van der Waals surface area contributed by atoms with E-state index in [0.29, 0.717) is 12.0 Å². The van der Waals surface area contributed by atoms with E-state index in [9.17, 15) is 24.4 Å². The van der Waals surface area contributed by atoms with Crippen molar-refractivity contribution in [2.45, 2.75) is 44.4 Å². The summed E-state index contributed by atoms with van der Waals surface area (Å²) in [7, 11) is 0. The third-order valence-corrected chi connectivity index (χ3v) is 7.95. The van der Waals surface area contributed by atoms with E-state index in [2.05, 4.69) is 20.4 Å². The molecule has 3 atom stereocenters. The lowest BCUT2D eigenvalue weighted by atomic mass is 10.0. The van der Waals surface area contributed by atoms with E-state index in [0.717, 1.165) is 23.3 Å². The number of nitrogens with two attached hydrogens (primary N) is 1. The molecule has 14 nitrogen and oxygen atoms in total. The summed E-state index contributed by atoms with van der Waals surface area (Å²) in [4.78, 5) is 60.6. The van der Waals surface area contributed by atoms with Crippen LogP contribution in [0.15, 0.2) is 52.4 Å². The zero-order chi connectivity index (χ0) is 30.2. The molecule has 2 amide bonds. The van der Waals surface area contributed by atoms with Crippen molar-refractivity contribution in [3.63, 3.8) is 0 Å². The fourth-order valence-corrected chi connectivity index (χ4v) is 5.82. The number of anilines is 1. The second-order valence-electron chi connectivity index (χ2n) is 8.92. The Morgan fingerprint density at radius 1 is 1.33 bits per heavy atom. The van der Waals surface area contributed by atoms with Gasteiger partial charge in [-0.15, -0.1) is 23.1 Å². The minimum Gasteiger partial charge on any atom is -0.434 e. The molecule has 2 aliphatic rings. The van der Waals surface area contributed by atoms with Crippen LogP contribution in [0.1, 0.15) is 37.9 Å². The van der Waals surface area contributed by atoms with E-state index in [-0.39, 0.29) is 28.9 Å². The van der Waals surface area contributed by atoms with E-state index in [1.165, 1.54) is 29.0 Å². The lowest BCUT2D eigenvalue weighted by Crippen LogP contribution is -2.71. The first-order chi connectivity index (χ1) is 20.2. The van der Waals surface area contributed by atoms with E-state index in [1.54, 1.807) is 30.6 Å². The monoisotopic (exact) mass is 616 g/mol. The number of carbonyl (C=O) groups excluding carboxylic acids is 4. The van der Waals surface area contributed by atoms with Crippen molar-refractivity contribution >= 4 is 64.0 Å². The molecule has 2 aliphatic heterocycles. The number of pyridine rings is 1. The zero-order valence-electron chi connectivity index (χ0n) is 22.6. The summed E-state index contributed by atoms with van der Waals surface area (Å²) in [6.45, 7) is 3.45. The number of ether oxygens (including phenoxy) is 3. The molecule has 42 heavy (non-hydrogen) atoms. The van der Waals surface area contributed by atoms with Gasteiger partial charge in [0.25, 0.3) is 11.8 Å². The van der Waals surface area contributed by atoms with Gasteiger partial charge in [-0.1, -0.05) is 36.7 Å². The number of aromatic nitrogens is 2. The number of fused-ring (bicyclic) bond motifs is 1. The number of hydrogen-bond acceptors (Lipinski definition) is 14. The molecule has 4 rings (SSSR count). The van der Waals surface area contributed by atoms with Crippen molar-refractivity contribution in [3.8, 4) is 0 Å². The van der Waals surface area contributed by atoms with Gasteiger partial charge in [0.2, 0.25) is 6.29 Å².